The highest BCUT2D eigenvalue weighted by molar-refractivity contribution is 7.87. The summed E-state index contributed by atoms with van der Waals surface area (Å²) in [5.41, 5.74) is 1.92. The molecule has 1 aliphatic rings. The molecule has 1 aromatic heterocycles. The number of carbonyl (C=O) groups excluding carboxylic acids is 2. The van der Waals surface area contributed by atoms with E-state index in [1.807, 2.05) is 0 Å². The first kappa shape index (κ1) is 23.3. The van der Waals surface area contributed by atoms with Gasteiger partial charge in [0.05, 0.1) is 5.52 Å². The molecule has 0 amide bonds. The van der Waals surface area contributed by atoms with Gasteiger partial charge in [0, 0.05) is 22.9 Å². The van der Waals surface area contributed by atoms with Gasteiger partial charge in [-0.15, -0.1) is 5.10 Å². The van der Waals surface area contributed by atoms with Crippen molar-refractivity contribution in [1.82, 2.24) is 15.0 Å². The molecule has 4 aromatic carbocycles. The number of benzene rings is 4. The maximum absolute atomic E-state index is 13.7. The second-order valence-corrected chi connectivity index (χ2v) is 9.97. The number of fused-ring (bicyclic) bond motifs is 2. The average Bonchev–Trinajstić information content (AvgIpc) is 3.36. The van der Waals surface area contributed by atoms with Crippen molar-refractivity contribution in [3.8, 4) is 5.75 Å². The van der Waals surface area contributed by atoms with Gasteiger partial charge in [-0.3, -0.25) is 9.59 Å². The molecule has 6 rings (SSSR count). The van der Waals surface area contributed by atoms with Crippen molar-refractivity contribution in [2.75, 3.05) is 5.32 Å². The first-order valence-electron chi connectivity index (χ1n) is 11.5. The van der Waals surface area contributed by atoms with Gasteiger partial charge in [-0.25, -0.2) is 4.68 Å². The Labute approximate surface area is 217 Å². The predicted molar refractivity (Wildman–Crippen MR) is 140 cm³/mol. The van der Waals surface area contributed by atoms with Crippen LogP contribution in [0.2, 0.25) is 0 Å². The van der Waals surface area contributed by atoms with Crippen LogP contribution in [0.5, 0.6) is 5.75 Å². The summed E-state index contributed by atoms with van der Waals surface area (Å²) < 4.78 is 32.1. The largest absolute Gasteiger partial charge is 0.379 e. The molecule has 0 spiro atoms. The molecule has 1 N–H and O–H groups in total. The molecule has 0 saturated carbocycles. The number of para-hydroxylation sites is 1. The van der Waals surface area contributed by atoms with Crippen molar-refractivity contribution in [3.05, 3.63) is 120 Å². The summed E-state index contributed by atoms with van der Waals surface area (Å²) in [6, 6.07) is 27.5. The minimum atomic E-state index is -4.08. The first-order valence-corrected chi connectivity index (χ1v) is 12.9. The Kier molecular flexibility index (Phi) is 5.58. The molecule has 0 radical (unpaired) electrons. The van der Waals surface area contributed by atoms with Crippen molar-refractivity contribution >= 4 is 44.1 Å². The van der Waals surface area contributed by atoms with E-state index in [0.29, 0.717) is 16.7 Å². The van der Waals surface area contributed by atoms with Crippen LogP contribution in [0, 0.1) is 0 Å². The van der Waals surface area contributed by atoms with Crippen LogP contribution < -0.4 is 9.50 Å². The highest BCUT2D eigenvalue weighted by atomic mass is 32.2. The van der Waals surface area contributed by atoms with Crippen LogP contribution in [0.3, 0.4) is 0 Å². The van der Waals surface area contributed by atoms with Gasteiger partial charge in [-0.1, -0.05) is 65.9 Å². The Hall–Kier alpha value is -5.09. The number of Topliss-reactive ketones (excluding diaryl/α,β-unsaturated/α-hetero) is 2. The zero-order valence-corrected chi connectivity index (χ0v) is 20.4. The average molecular weight is 523 g/mol. The number of carbonyl (C=O) groups is 2. The summed E-state index contributed by atoms with van der Waals surface area (Å²) in [4.78, 5) is 27.3. The van der Waals surface area contributed by atoms with Gasteiger partial charge in [0.15, 0.2) is 0 Å². The second-order valence-electron chi connectivity index (χ2n) is 8.42. The molecular weight excluding hydrogens is 504 g/mol. The quantitative estimate of drug-likeness (QED) is 0.322. The molecule has 38 heavy (non-hydrogen) atoms. The van der Waals surface area contributed by atoms with Gasteiger partial charge >= 0.3 is 10.1 Å². The highest BCUT2D eigenvalue weighted by Gasteiger charge is 2.35. The summed E-state index contributed by atoms with van der Waals surface area (Å²) in [6.07, 6.45) is 0. The monoisotopic (exact) mass is 522 g/mol. The fourth-order valence-electron chi connectivity index (χ4n) is 4.25. The zero-order valence-electron chi connectivity index (χ0n) is 19.6. The SMILES string of the molecule is O=C1C(Nc2cccc(OS(=O)(=O)c3ccccc3)c2)=C(n2nnc3ccccc32)C(=O)c2ccccc21. The van der Waals surface area contributed by atoms with Gasteiger partial charge < -0.3 is 9.50 Å². The third-order valence-corrected chi connectivity index (χ3v) is 7.26. The molecule has 0 unspecified atom stereocenters. The van der Waals surface area contributed by atoms with Crippen LogP contribution in [0.4, 0.5) is 5.69 Å². The molecule has 5 aromatic rings. The van der Waals surface area contributed by atoms with Crippen LogP contribution in [-0.2, 0) is 10.1 Å². The minimum absolute atomic E-state index is 0.00521. The zero-order chi connectivity index (χ0) is 26.3. The van der Waals surface area contributed by atoms with Gasteiger partial charge in [-0.2, -0.15) is 8.42 Å². The predicted octanol–water partition coefficient (Wildman–Crippen LogP) is 4.56. The molecule has 1 aliphatic carbocycles. The number of aromatic nitrogens is 3. The Morgan fingerprint density at radius 1 is 0.737 bits per heavy atom. The van der Waals surface area contributed by atoms with E-state index in [0.717, 1.165) is 0 Å². The van der Waals surface area contributed by atoms with Crippen LogP contribution >= 0.6 is 0 Å². The molecule has 0 saturated heterocycles. The van der Waals surface area contributed by atoms with E-state index in [-0.39, 0.29) is 33.2 Å². The Morgan fingerprint density at radius 3 is 2.21 bits per heavy atom. The number of allylic oxidation sites excluding steroid dienone is 2. The molecule has 0 bridgehead atoms. The van der Waals surface area contributed by atoms with Gasteiger partial charge in [0.25, 0.3) is 0 Å². The summed E-state index contributed by atoms with van der Waals surface area (Å²) in [6.45, 7) is 0. The number of anilines is 1. The maximum Gasteiger partial charge on any atom is 0.339 e. The number of nitrogens with one attached hydrogen (secondary N) is 1. The van der Waals surface area contributed by atoms with Crippen LogP contribution in [0.1, 0.15) is 20.7 Å². The summed E-state index contributed by atoms with van der Waals surface area (Å²) in [5, 5.41) is 11.3. The van der Waals surface area contributed by atoms with E-state index in [1.165, 1.54) is 28.9 Å². The fraction of sp³-hybridized carbons (Fsp3) is 0. The Bertz CT molecular complexity index is 1880. The van der Waals surface area contributed by atoms with E-state index < -0.39 is 21.7 Å². The molecular formula is C28H18N4O5S. The molecule has 186 valence electrons. The Balaban J connectivity index is 1.44. The van der Waals surface area contributed by atoms with Crippen LogP contribution in [0.25, 0.3) is 16.7 Å². The molecule has 9 nitrogen and oxygen atoms in total. The van der Waals surface area contributed by atoms with Crippen LogP contribution in [-0.4, -0.2) is 35.0 Å². The number of hydrogen-bond donors (Lipinski definition) is 1. The van der Waals surface area contributed by atoms with Crippen molar-refractivity contribution in [2.24, 2.45) is 0 Å². The van der Waals surface area contributed by atoms with Crippen molar-refractivity contribution in [3.63, 3.8) is 0 Å². The van der Waals surface area contributed by atoms with E-state index >= 15 is 0 Å². The van der Waals surface area contributed by atoms with E-state index in [2.05, 4.69) is 15.6 Å². The van der Waals surface area contributed by atoms with Crippen molar-refractivity contribution in [2.45, 2.75) is 4.90 Å². The lowest BCUT2D eigenvalue weighted by atomic mass is 9.90. The third kappa shape index (κ3) is 4.02. The third-order valence-electron chi connectivity index (χ3n) is 6.00. The minimum Gasteiger partial charge on any atom is -0.379 e. The van der Waals surface area contributed by atoms with Crippen LogP contribution in [0.15, 0.2) is 114 Å². The second kappa shape index (κ2) is 9.09. The topological polar surface area (TPSA) is 120 Å². The molecule has 0 atom stereocenters. The lowest BCUT2D eigenvalue weighted by Crippen LogP contribution is -2.28. The fourth-order valence-corrected chi connectivity index (χ4v) is 5.19. The summed E-state index contributed by atoms with van der Waals surface area (Å²) in [5.74, 6) is -0.794. The Morgan fingerprint density at radius 2 is 1.42 bits per heavy atom. The normalized spacial score (nSPS) is 13.5. The summed E-state index contributed by atoms with van der Waals surface area (Å²) in [7, 11) is -4.08. The van der Waals surface area contributed by atoms with Crippen molar-refractivity contribution in [1.29, 1.82) is 0 Å². The number of rotatable bonds is 6. The first-order chi connectivity index (χ1) is 18.4. The van der Waals surface area contributed by atoms with E-state index in [1.54, 1.807) is 78.9 Å². The highest BCUT2D eigenvalue weighted by Crippen LogP contribution is 2.32. The molecule has 1 heterocycles. The van der Waals surface area contributed by atoms with E-state index in [9.17, 15) is 18.0 Å². The standard InChI is InChI=1S/C28H18N4O5S/c33-27-21-13-4-5-14-22(21)28(34)26(32-24-16-7-6-15-23(24)30-31-32)25(27)29-18-9-8-10-19(17-18)37-38(35,36)20-11-2-1-3-12-20/h1-17,29H. The smallest absolute Gasteiger partial charge is 0.339 e. The molecule has 0 aliphatic heterocycles. The van der Waals surface area contributed by atoms with Gasteiger partial charge in [-0.05, 0) is 36.4 Å². The molecule has 0 fully saturated rings. The number of nitrogens with zero attached hydrogens (tertiary/aromatic N) is 3. The summed E-state index contributed by atoms with van der Waals surface area (Å²) >= 11 is 0. The number of hydrogen-bond acceptors (Lipinski definition) is 8. The van der Waals surface area contributed by atoms with Crippen molar-refractivity contribution < 1.29 is 22.2 Å². The maximum atomic E-state index is 13.7. The van der Waals surface area contributed by atoms with E-state index in [4.69, 9.17) is 4.18 Å². The lowest BCUT2D eigenvalue weighted by molar-refractivity contribution is 0.0988. The van der Waals surface area contributed by atoms with Gasteiger partial charge in [0.2, 0.25) is 11.6 Å². The van der Waals surface area contributed by atoms with Gasteiger partial charge in [0.1, 0.15) is 27.6 Å². The molecule has 10 heteroatoms. The number of ketones is 2. The lowest BCUT2D eigenvalue weighted by Gasteiger charge is -2.22.